The molecule has 0 saturated heterocycles. The lowest BCUT2D eigenvalue weighted by atomic mass is 10.0. The number of hydrogen-bond donors (Lipinski definition) is 3. The molecule has 0 aromatic heterocycles. The molecule has 1 aliphatic rings. The lowest BCUT2D eigenvalue weighted by Crippen LogP contribution is -2.13. The van der Waals surface area contributed by atoms with Crippen LogP contribution in [0.4, 0.5) is 11.4 Å². The Labute approximate surface area is 159 Å². The van der Waals surface area contributed by atoms with Crippen molar-refractivity contribution in [2.75, 3.05) is 5.32 Å². The molecule has 2 aromatic carbocycles. The molecule has 2 aromatic rings. The second-order valence-electron chi connectivity index (χ2n) is 6.67. The average molecular weight is 367 g/mol. The van der Waals surface area contributed by atoms with E-state index in [0.717, 1.165) is 41.8 Å². The Morgan fingerprint density at radius 3 is 2.89 bits per heavy atom. The second kappa shape index (κ2) is 8.68. The molecule has 1 atom stereocenters. The number of hydroxylamine groups is 1. The Morgan fingerprint density at radius 1 is 1.26 bits per heavy atom. The quantitative estimate of drug-likeness (QED) is 0.285. The highest BCUT2D eigenvalue weighted by Gasteiger charge is 2.30. The van der Waals surface area contributed by atoms with E-state index in [0.29, 0.717) is 17.9 Å². The molecule has 0 bridgehead atoms. The molecular weight excluding hydrogens is 342 g/mol. The summed E-state index contributed by atoms with van der Waals surface area (Å²) in [7, 11) is 0. The summed E-state index contributed by atoms with van der Waals surface area (Å²) in [6, 6.07) is 13.6. The smallest absolute Gasteiger partial charge is 0.339 e. The van der Waals surface area contributed by atoms with Crippen molar-refractivity contribution in [1.29, 1.82) is 0 Å². The third kappa shape index (κ3) is 4.65. The van der Waals surface area contributed by atoms with Crippen LogP contribution in [0, 0.1) is 0 Å². The minimum Gasteiger partial charge on any atom is -0.454 e. The van der Waals surface area contributed by atoms with Crippen molar-refractivity contribution in [3.63, 3.8) is 0 Å². The first-order valence-corrected chi connectivity index (χ1v) is 9.24. The van der Waals surface area contributed by atoms with E-state index in [1.54, 1.807) is 6.92 Å². The predicted molar refractivity (Wildman–Crippen MR) is 106 cm³/mol. The van der Waals surface area contributed by atoms with Gasteiger partial charge in [-0.3, -0.25) is 10.7 Å². The maximum Gasteiger partial charge on any atom is 0.339 e. The van der Waals surface area contributed by atoms with Gasteiger partial charge in [-0.2, -0.15) is 0 Å². The standard InChI is InChI=1S/C21H25N3O3/c1-3-4-8-20-18-10-9-16(12-19(18)21(25)27-20)22-13-15-6-5-7-17(11-15)23-14(2)24-26/h5-7,9-12,20,22,26H,3-4,8,13H2,1-2H3,(H,23,24). The van der Waals surface area contributed by atoms with Crippen LogP contribution in [-0.4, -0.2) is 17.0 Å². The lowest BCUT2D eigenvalue weighted by molar-refractivity contribution is 0.0364. The monoisotopic (exact) mass is 367 g/mol. The van der Waals surface area contributed by atoms with Crippen LogP contribution >= 0.6 is 0 Å². The first kappa shape index (κ1) is 18.9. The number of unbranched alkanes of at least 4 members (excludes halogenated alkanes) is 1. The number of carbonyl (C=O) groups is 1. The highest BCUT2D eigenvalue weighted by atomic mass is 16.5. The van der Waals surface area contributed by atoms with Gasteiger partial charge >= 0.3 is 5.97 Å². The van der Waals surface area contributed by atoms with Gasteiger partial charge in [0.15, 0.2) is 0 Å². The molecule has 0 amide bonds. The Hall–Kier alpha value is -2.86. The van der Waals surface area contributed by atoms with Crippen molar-refractivity contribution >= 4 is 23.2 Å². The highest BCUT2D eigenvalue weighted by Crippen LogP contribution is 2.35. The number of nitrogens with one attached hydrogen (secondary N) is 2. The van der Waals surface area contributed by atoms with Gasteiger partial charge in [0, 0.05) is 17.8 Å². The van der Waals surface area contributed by atoms with Gasteiger partial charge in [-0.25, -0.2) is 9.79 Å². The highest BCUT2D eigenvalue weighted by molar-refractivity contribution is 5.95. The largest absolute Gasteiger partial charge is 0.454 e. The molecule has 0 saturated carbocycles. The van der Waals surface area contributed by atoms with Gasteiger partial charge in [0.1, 0.15) is 11.9 Å². The topological polar surface area (TPSA) is 83.0 Å². The summed E-state index contributed by atoms with van der Waals surface area (Å²) in [6.45, 7) is 4.41. The van der Waals surface area contributed by atoms with E-state index in [1.165, 1.54) is 0 Å². The third-order valence-electron chi connectivity index (χ3n) is 4.56. The van der Waals surface area contributed by atoms with Gasteiger partial charge < -0.3 is 10.1 Å². The Kier molecular flexibility index (Phi) is 6.08. The van der Waals surface area contributed by atoms with Crippen molar-refractivity contribution < 1.29 is 14.7 Å². The van der Waals surface area contributed by atoms with Crippen molar-refractivity contribution in [1.82, 2.24) is 5.48 Å². The van der Waals surface area contributed by atoms with Crippen LogP contribution in [0.2, 0.25) is 0 Å². The summed E-state index contributed by atoms with van der Waals surface area (Å²) < 4.78 is 5.51. The van der Waals surface area contributed by atoms with Gasteiger partial charge in [0.2, 0.25) is 0 Å². The maximum atomic E-state index is 12.2. The minimum atomic E-state index is -0.238. The number of cyclic esters (lactones) is 1. The fourth-order valence-electron chi connectivity index (χ4n) is 3.14. The first-order chi connectivity index (χ1) is 13.1. The molecule has 0 spiro atoms. The second-order valence-corrected chi connectivity index (χ2v) is 6.67. The Balaban J connectivity index is 1.68. The Morgan fingerprint density at radius 2 is 2.11 bits per heavy atom. The fourth-order valence-corrected chi connectivity index (χ4v) is 3.14. The van der Waals surface area contributed by atoms with E-state index in [4.69, 9.17) is 9.94 Å². The predicted octanol–water partition coefficient (Wildman–Crippen LogP) is 4.73. The number of nitrogens with zero attached hydrogens (tertiary/aromatic N) is 1. The molecule has 6 nitrogen and oxygen atoms in total. The maximum absolute atomic E-state index is 12.2. The number of amidine groups is 1. The van der Waals surface area contributed by atoms with E-state index in [-0.39, 0.29) is 12.1 Å². The average Bonchev–Trinajstić information content (AvgIpc) is 3.00. The van der Waals surface area contributed by atoms with Crippen molar-refractivity contribution in [3.05, 3.63) is 59.2 Å². The summed E-state index contributed by atoms with van der Waals surface area (Å²) in [4.78, 5) is 16.4. The zero-order valence-corrected chi connectivity index (χ0v) is 15.7. The molecule has 1 aliphatic heterocycles. The molecule has 142 valence electrons. The third-order valence-corrected chi connectivity index (χ3v) is 4.56. The fraction of sp³-hybridized carbons (Fsp3) is 0.333. The van der Waals surface area contributed by atoms with E-state index in [9.17, 15) is 4.79 Å². The SMILES string of the molecule is CCCCC1OC(=O)c2cc(NCc3cccc(N=C(C)NO)c3)ccc21. The van der Waals surface area contributed by atoms with Gasteiger partial charge in [-0.15, -0.1) is 0 Å². The molecule has 3 N–H and O–H groups in total. The number of esters is 1. The zero-order valence-electron chi connectivity index (χ0n) is 15.7. The summed E-state index contributed by atoms with van der Waals surface area (Å²) in [6.07, 6.45) is 2.89. The molecule has 0 radical (unpaired) electrons. The van der Waals surface area contributed by atoms with Gasteiger partial charge in [0.25, 0.3) is 0 Å². The zero-order chi connectivity index (χ0) is 19.2. The molecule has 27 heavy (non-hydrogen) atoms. The van der Waals surface area contributed by atoms with Gasteiger partial charge in [-0.05, 0) is 49.6 Å². The molecule has 3 rings (SSSR count). The van der Waals surface area contributed by atoms with E-state index < -0.39 is 0 Å². The van der Waals surface area contributed by atoms with E-state index in [1.807, 2.05) is 47.9 Å². The summed E-state index contributed by atoms with van der Waals surface area (Å²) in [5, 5.41) is 12.2. The van der Waals surface area contributed by atoms with Crippen LogP contribution in [0.25, 0.3) is 0 Å². The van der Waals surface area contributed by atoms with Crippen LogP contribution < -0.4 is 10.8 Å². The number of carbonyl (C=O) groups excluding carboxylic acids is 1. The van der Waals surface area contributed by atoms with Crippen LogP contribution in [0.5, 0.6) is 0 Å². The van der Waals surface area contributed by atoms with Gasteiger partial charge in [0.05, 0.1) is 11.3 Å². The van der Waals surface area contributed by atoms with Crippen LogP contribution in [0.3, 0.4) is 0 Å². The summed E-state index contributed by atoms with van der Waals surface area (Å²) in [5.41, 5.74) is 6.35. The van der Waals surface area contributed by atoms with Crippen molar-refractivity contribution in [3.8, 4) is 0 Å². The van der Waals surface area contributed by atoms with Crippen LogP contribution in [0.1, 0.15) is 60.7 Å². The van der Waals surface area contributed by atoms with Crippen LogP contribution in [0.15, 0.2) is 47.5 Å². The number of ether oxygens (including phenoxy) is 1. The molecular formula is C21H25N3O3. The summed E-state index contributed by atoms with van der Waals surface area (Å²) in [5.74, 6) is 0.188. The molecule has 6 heteroatoms. The molecule has 1 heterocycles. The van der Waals surface area contributed by atoms with Gasteiger partial charge in [-0.1, -0.05) is 31.5 Å². The van der Waals surface area contributed by atoms with E-state index >= 15 is 0 Å². The number of benzene rings is 2. The molecule has 0 fully saturated rings. The Bertz CT molecular complexity index is 848. The summed E-state index contributed by atoms with van der Waals surface area (Å²) >= 11 is 0. The van der Waals surface area contributed by atoms with Crippen molar-refractivity contribution in [2.24, 2.45) is 4.99 Å². The minimum absolute atomic E-state index is 0.112. The first-order valence-electron chi connectivity index (χ1n) is 9.24. The van der Waals surface area contributed by atoms with Crippen LogP contribution in [-0.2, 0) is 11.3 Å². The number of rotatable bonds is 7. The number of hydrogen-bond acceptors (Lipinski definition) is 5. The van der Waals surface area contributed by atoms with E-state index in [2.05, 4.69) is 17.2 Å². The molecule has 1 unspecified atom stereocenters. The number of fused-ring (bicyclic) bond motifs is 1. The molecule has 0 aliphatic carbocycles. The number of aliphatic imine (C=N–C) groups is 1. The normalized spacial score (nSPS) is 16.0. The van der Waals surface area contributed by atoms with Crippen molar-refractivity contribution in [2.45, 2.75) is 45.8 Å². The number of anilines is 1. The lowest BCUT2D eigenvalue weighted by Gasteiger charge is -2.11.